The van der Waals surface area contributed by atoms with E-state index in [9.17, 15) is 18.0 Å². The SMILES string of the molecule is Cc1noc(-c2ccc3nc(Nc4cc(C(C5CC5)N5CCN(C(=O)CC(F)(F)F)CC5)ccn4)[nH]c3c2)n1. The number of aryl methyl sites for hydroxylation is 1. The number of halogens is 3. The summed E-state index contributed by atoms with van der Waals surface area (Å²) in [6, 6.07) is 9.72. The van der Waals surface area contributed by atoms with Crippen molar-refractivity contribution >= 4 is 28.7 Å². The minimum atomic E-state index is -4.49. The number of carbonyl (C=O) groups is 1. The van der Waals surface area contributed by atoms with Crippen molar-refractivity contribution in [2.45, 2.75) is 38.4 Å². The number of rotatable bonds is 7. The van der Waals surface area contributed by atoms with Gasteiger partial charge in [-0.1, -0.05) is 5.16 Å². The van der Waals surface area contributed by atoms with Crippen LogP contribution in [-0.2, 0) is 4.79 Å². The Labute approximate surface area is 221 Å². The van der Waals surface area contributed by atoms with Gasteiger partial charge in [0.25, 0.3) is 5.89 Å². The average Bonchev–Trinajstić information content (AvgIpc) is 3.49. The molecule has 2 N–H and O–H groups in total. The molecule has 0 bridgehead atoms. The molecule has 4 heterocycles. The summed E-state index contributed by atoms with van der Waals surface area (Å²) >= 11 is 0. The fraction of sp³-hybridized carbons (Fsp3) is 0.423. The van der Waals surface area contributed by atoms with E-state index in [4.69, 9.17) is 4.52 Å². The van der Waals surface area contributed by atoms with Gasteiger partial charge >= 0.3 is 6.18 Å². The van der Waals surface area contributed by atoms with Gasteiger partial charge in [-0.2, -0.15) is 18.2 Å². The van der Waals surface area contributed by atoms with Crippen LogP contribution in [0.15, 0.2) is 41.1 Å². The first-order valence-electron chi connectivity index (χ1n) is 12.8. The summed E-state index contributed by atoms with van der Waals surface area (Å²) in [5.74, 6) is 1.77. The molecule has 4 aromatic rings. The zero-order valence-corrected chi connectivity index (χ0v) is 21.2. The van der Waals surface area contributed by atoms with Crippen LogP contribution in [0, 0.1) is 12.8 Å². The highest BCUT2D eigenvalue weighted by Crippen LogP contribution is 2.45. The average molecular weight is 541 g/mol. The number of hydrogen-bond acceptors (Lipinski definition) is 8. The quantitative estimate of drug-likeness (QED) is 0.349. The molecular weight excluding hydrogens is 513 g/mol. The van der Waals surface area contributed by atoms with Gasteiger partial charge in [-0.05, 0) is 61.6 Å². The van der Waals surface area contributed by atoms with Crippen LogP contribution in [0.1, 0.15) is 36.7 Å². The fourth-order valence-corrected chi connectivity index (χ4v) is 5.16. The second-order valence-corrected chi connectivity index (χ2v) is 10.1. The molecule has 13 heteroatoms. The second kappa shape index (κ2) is 9.95. The Balaban J connectivity index is 1.16. The van der Waals surface area contributed by atoms with Crippen molar-refractivity contribution in [3.05, 3.63) is 47.9 Å². The number of imidazole rings is 1. The van der Waals surface area contributed by atoms with E-state index < -0.39 is 18.5 Å². The van der Waals surface area contributed by atoms with Crippen molar-refractivity contribution in [2.24, 2.45) is 5.92 Å². The van der Waals surface area contributed by atoms with Gasteiger partial charge in [0, 0.05) is 44.0 Å². The molecule has 0 spiro atoms. The zero-order chi connectivity index (χ0) is 27.1. The number of H-pyrrole nitrogens is 1. The number of nitrogens with zero attached hydrogens (tertiary/aromatic N) is 6. The largest absolute Gasteiger partial charge is 0.397 e. The normalized spacial score (nSPS) is 17.5. The van der Waals surface area contributed by atoms with Gasteiger partial charge in [0.15, 0.2) is 5.82 Å². The molecule has 1 aliphatic carbocycles. The molecule has 2 aliphatic rings. The number of benzene rings is 1. The van der Waals surface area contributed by atoms with Gasteiger partial charge in [0.2, 0.25) is 11.9 Å². The van der Waals surface area contributed by atoms with Crippen LogP contribution in [0.5, 0.6) is 0 Å². The lowest BCUT2D eigenvalue weighted by atomic mass is 10.0. The fourth-order valence-electron chi connectivity index (χ4n) is 5.16. The first-order valence-corrected chi connectivity index (χ1v) is 12.8. The highest BCUT2D eigenvalue weighted by atomic mass is 19.4. The van der Waals surface area contributed by atoms with Crippen molar-refractivity contribution < 1.29 is 22.5 Å². The summed E-state index contributed by atoms with van der Waals surface area (Å²) in [6.07, 6.45) is -1.96. The topological polar surface area (TPSA) is 116 Å². The lowest BCUT2D eigenvalue weighted by Gasteiger charge is -2.40. The molecule has 6 rings (SSSR count). The molecule has 1 aliphatic heterocycles. The third-order valence-electron chi connectivity index (χ3n) is 7.11. The van der Waals surface area contributed by atoms with E-state index in [0.29, 0.717) is 55.6 Å². The number of aromatic amines is 1. The molecule has 204 valence electrons. The van der Waals surface area contributed by atoms with E-state index in [-0.39, 0.29) is 6.04 Å². The second-order valence-electron chi connectivity index (χ2n) is 10.1. The summed E-state index contributed by atoms with van der Waals surface area (Å²) in [5, 5.41) is 7.09. The van der Waals surface area contributed by atoms with E-state index in [0.717, 1.165) is 35.0 Å². The number of carbonyl (C=O) groups excluding carboxylic acids is 1. The molecule has 1 saturated heterocycles. The summed E-state index contributed by atoms with van der Waals surface area (Å²) in [4.78, 5) is 32.2. The van der Waals surface area contributed by atoms with Crippen molar-refractivity contribution in [2.75, 3.05) is 31.5 Å². The van der Waals surface area contributed by atoms with Gasteiger partial charge in [-0.15, -0.1) is 0 Å². The molecule has 1 atom stereocenters. The van der Waals surface area contributed by atoms with Gasteiger partial charge in [0.1, 0.15) is 12.2 Å². The highest BCUT2D eigenvalue weighted by molar-refractivity contribution is 5.82. The molecule has 1 saturated carbocycles. The minimum Gasteiger partial charge on any atom is -0.340 e. The molecule has 39 heavy (non-hydrogen) atoms. The minimum absolute atomic E-state index is 0.115. The Kier molecular flexibility index (Phi) is 6.45. The third kappa shape index (κ3) is 5.72. The van der Waals surface area contributed by atoms with E-state index in [1.807, 2.05) is 30.3 Å². The smallest absolute Gasteiger partial charge is 0.340 e. The lowest BCUT2D eigenvalue weighted by molar-refractivity contribution is -0.162. The molecule has 1 amide bonds. The number of pyridine rings is 1. The van der Waals surface area contributed by atoms with Crippen molar-refractivity contribution in [1.82, 2.24) is 34.9 Å². The number of amides is 1. The van der Waals surface area contributed by atoms with Crippen LogP contribution in [0.3, 0.4) is 0 Å². The number of hydrogen-bond donors (Lipinski definition) is 2. The van der Waals surface area contributed by atoms with E-state index >= 15 is 0 Å². The maximum Gasteiger partial charge on any atom is 0.397 e. The van der Waals surface area contributed by atoms with Crippen LogP contribution in [-0.4, -0.2) is 73.2 Å². The summed E-state index contributed by atoms with van der Waals surface area (Å²) in [5.41, 5.74) is 3.43. The Hall–Kier alpha value is -4.00. The Morgan fingerprint density at radius 2 is 1.95 bits per heavy atom. The van der Waals surface area contributed by atoms with Crippen LogP contribution in [0.2, 0.25) is 0 Å². The summed E-state index contributed by atoms with van der Waals surface area (Å²) in [7, 11) is 0. The van der Waals surface area contributed by atoms with Crippen LogP contribution in [0.4, 0.5) is 24.9 Å². The zero-order valence-electron chi connectivity index (χ0n) is 21.2. The number of anilines is 2. The molecular formula is C26H27F3N8O2. The first-order chi connectivity index (χ1) is 18.7. The van der Waals surface area contributed by atoms with Crippen molar-refractivity contribution in [3.63, 3.8) is 0 Å². The molecule has 1 aromatic carbocycles. The maximum atomic E-state index is 12.7. The molecule has 3 aromatic heterocycles. The van der Waals surface area contributed by atoms with Crippen LogP contribution < -0.4 is 5.32 Å². The molecule has 0 radical (unpaired) electrons. The lowest BCUT2D eigenvalue weighted by Crippen LogP contribution is -2.50. The summed E-state index contributed by atoms with van der Waals surface area (Å²) < 4.78 is 43.2. The number of piperazine rings is 1. The monoisotopic (exact) mass is 540 g/mol. The number of aromatic nitrogens is 5. The molecule has 10 nitrogen and oxygen atoms in total. The predicted octanol–water partition coefficient (Wildman–Crippen LogP) is 4.61. The Morgan fingerprint density at radius 1 is 1.15 bits per heavy atom. The number of nitrogens with one attached hydrogen (secondary N) is 2. The molecule has 1 unspecified atom stereocenters. The highest BCUT2D eigenvalue weighted by Gasteiger charge is 2.39. The van der Waals surface area contributed by atoms with E-state index in [1.54, 1.807) is 13.1 Å². The summed E-state index contributed by atoms with van der Waals surface area (Å²) in [6.45, 7) is 3.40. The van der Waals surface area contributed by atoms with Crippen LogP contribution in [0.25, 0.3) is 22.5 Å². The van der Waals surface area contributed by atoms with Crippen LogP contribution >= 0.6 is 0 Å². The number of alkyl halides is 3. The number of fused-ring (bicyclic) bond motifs is 1. The predicted molar refractivity (Wildman–Crippen MR) is 136 cm³/mol. The van der Waals surface area contributed by atoms with Gasteiger partial charge in [-0.3, -0.25) is 9.69 Å². The van der Waals surface area contributed by atoms with E-state index in [2.05, 4.69) is 35.3 Å². The van der Waals surface area contributed by atoms with Crippen molar-refractivity contribution in [1.29, 1.82) is 0 Å². The Morgan fingerprint density at radius 3 is 2.64 bits per heavy atom. The van der Waals surface area contributed by atoms with Gasteiger partial charge in [-0.25, -0.2) is 9.97 Å². The van der Waals surface area contributed by atoms with Gasteiger partial charge in [0.05, 0.1) is 11.0 Å². The molecule has 2 fully saturated rings. The van der Waals surface area contributed by atoms with E-state index in [1.165, 1.54) is 4.90 Å². The van der Waals surface area contributed by atoms with Gasteiger partial charge < -0.3 is 19.7 Å². The first kappa shape index (κ1) is 25.3. The Bertz CT molecular complexity index is 1490. The third-order valence-corrected chi connectivity index (χ3v) is 7.11. The maximum absolute atomic E-state index is 12.7. The van der Waals surface area contributed by atoms with Crippen molar-refractivity contribution in [3.8, 4) is 11.5 Å². The standard InChI is InChI=1S/C26H27F3N8O2/c1-15-31-24(39-35-15)18-4-5-19-20(12-18)33-25(32-19)34-21-13-17(6-7-30-21)23(16-2-3-16)37-10-8-36(9-11-37)22(38)14-26(27,28)29/h4-7,12-13,16,23H,2-3,8-11,14H2,1H3,(H2,30,32,33,34).